The molecule has 120 valence electrons. The Bertz CT molecular complexity index is 588. The Balaban J connectivity index is 2.11. The molecule has 1 aliphatic heterocycles. The molecule has 0 bridgehead atoms. The number of ether oxygens (including phenoxy) is 1. The number of fused-ring (bicyclic) bond motifs is 1. The topological polar surface area (TPSA) is 62.1 Å². The highest BCUT2D eigenvalue weighted by Gasteiger charge is 2.24. The van der Waals surface area contributed by atoms with E-state index < -0.39 is 5.60 Å². The highest BCUT2D eigenvalue weighted by molar-refractivity contribution is 5.98. The van der Waals surface area contributed by atoms with Crippen molar-refractivity contribution in [2.75, 3.05) is 13.1 Å². The number of hydrogen-bond acceptors (Lipinski definition) is 4. The maximum atomic E-state index is 12.2. The normalized spacial score (nSPS) is 16.0. The summed E-state index contributed by atoms with van der Waals surface area (Å²) in [5.41, 5.74) is 3.47. The molecule has 0 unspecified atom stereocenters. The van der Waals surface area contributed by atoms with Gasteiger partial charge in [0.2, 0.25) is 0 Å². The molecule has 5 nitrogen and oxygen atoms in total. The highest BCUT2D eigenvalue weighted by Crippen LogP contribution is 2.20. The summed E-state index contributed by atoms with van der Waals surface area (Å²) in [5, 5.41) is 12.1. The number of amides is 1. The van der Waals surface area contributed by atoms with Crippen LogP contribution in [0, 0.1) is 0 Å². The Hall–Kier alpha value is -2.04. The fourth-order valence-electron chi connectivity index (χ4n) is 2.52. The molecule has 0 spiro atoms. The molecule has 22 heavy (non-hydrogen) atoms. The van der Waals surface area contributed by atoms with Crippen molar-refractivity contribution >= 4 is 11.8 Å². The van der Waals surface area contributed by atoms with Crippen LogP contribution in [0.25, 0.3) is 0 Å². The minimum atomic E-state index is -0.474. The summed E-state index contributed by atoms with van der Waals surface area (Å²) >= 11 is 0. The van der Waals surface area contributed by atoms with Gasteiger partial charge in [-0.1, -0.05) is 17.3 Å². The molecule has 0 radical (unpaired) electrons. The SMILES string of the molecule is C/C(=N\O)c1ccc2c(c1)CCN(C(=O)OC(C)(C)C)CC2. The fraction of sp³-hybridized carbons (Fsp3) is 0.529. The van der Waals surface area contributed by atoms with Crippen molar-refractivity contribution in [3.05, 3.63) is 34.9 Å². The number of hydrogen-bond donors (Lipinski definition) is 1. The van der Waals surface area contributed by atoms with E-state index in [0.29, 0.717) is 18.8 Å². The van der Waals surface area contributed by atoms with E-state index in [1.807, 2.05) is 32.9 Å². The molecular weight excluding hydrogens is 280 g/mol. The molecule has 0 saturated carbocycles. The number of oxime groups is 1. The summed E-state index contributed by atoms with van der Waals surface area (Å²) in [6.45, 7) is 8.70. The first-order valence-corrected chi connectivity index (χ1v) is 7.59. The molecule has 1 aromatic rings. The fourth-order valence-corrected chi connectivity index (χ4v) is 2.52. The second kappa shape index (κ2) is 6.38. The van der Waals surface area contributed by atoms with Crippen LogP contribution >= 0.6 is 0 Å². The van der Waals surface area contributed by atoms with Gasteiger partial charge in [0.25, 0.3) is 0 Å². The predicted octanol–water partition coefficient (Wildman–Crippen LogP) is 3.22. The lowest BCUT2D eigenvalue weighted by Gasteiger charge is -2.26. The summed E-state index contributed by atoms with van der Waals surface area (Å²) in [6.07, 6.45) is 1.33. The number of carbonyl (C=O) groups excluding carboxylic acids is 1. The van der Waals surface area contributed by atoms with Crippen molar-refractivity contribution < 1.29 is 14.7 Å². The molecule has 1 amide bonds. The third-order valence-corrected chi connectivity index (χ3v) is 3.73. The van der Waals surface area contributed by atoms with Gasteiger partial charge < -0.3 is 14.8 Å². The van der Waals surface area contributed by atoms with Gasteiger partial charge in [-0.05, 0) is 63.3 Å². The lowest BCUT2D eigenvalue weighted by atomic mass is 9.98. The molecule has 2 rings (SSSR count). The number of benzene rings is 1. The monoisotopic (exact) mass is 304 g/mol. The first-order valence-electron chi connectivity index (χ1n) is 7.59. The molecule has 0 atom stereocenters. The minimum absolute atomic E-state index is 0.256. The predicted molar refractivity (Wildman–Crippen MR) is 85.7 cm³/mol. The summed E-state index contributed by atoms with van der Waals surface area (Å²) in [7, 11) is 0. The molecule has 0 saturated heterocycles. The van der Waals surface area contributed by atoms with Gasteiger partial charge in [-0.25, -0.2) is 4.79 Å². The van der Waals surface area contributed by atoms with E-state index in [-0.39, 0.29) is 6.09 Å². The van der Waals surface area contributed by atoms with Crippen LogP contribution in [0.3, 0.4) is 0 Å². The van der Waals surface area contributed by atoms with E-state index in [0.717, 1.165) is 18.4 Å². The molecular formula is C17H24N2O3. The van der Waals surface area contributed by atoms with Crippen molar-refractivity contribution in [3.8, 4) is 0 Å². The molecule has 5 heteroatoms. The molecule has 0 aliphatic carbocycles. The van der Waals surface area contributed by atoms with Crippen LogP contribution in [0.4, 0.5) is 4.79 Å². The van der Waals surface area contributed by atoms with Crippen molar-refractivity contribution in [1.29, 1.82) is 0 Å². The van der Waals surface area contributed by atoms with Crippen LogP contribution < -0.4 is 0 Å². The van der Waals surface area contributed by atoms with E-state index in [9.17, 15) is 4.79 Å². The lowest BCUT2D eigenvalue weighted by Crippen LogP contribution is -2.38. The van der Waals surface area contributed by atoms with Crippen LogP contribution in [0.15, 0.2) is 23.4 Å². The Morgan fingerprint density at radius 1 is 1.23 bits per heavy atom. The van der Waals surface area contributed by atoms with E-state index in [1.165, 1.54) is 11.1 Å². The van der Waals surface area contributed by atoms with Crippen molar-refractivity contribution in [2.45, 2.75) is 46.1 Å². The Morgan fingerprint density at radius 2 is 1.86 bits per heavy atom. The van der Waals surface area contributed by atoms with Crippen LogP contribution in [-0.4, -0.2) is 40.6 Å². The third kappa shape index (κ3) is 4.00. The van der Waals surface area contributed by atoms with Gasteiger partial charge >= 0.3 is 6.09 Å². The third-order valence-electron chi connectivity index (χ3n) is 3.73. The summed E-state index contributed by atoms with van der Waals surface area (Å²) in [4.78, 5) is 14.0. The summed E-state index contributed by atoms with van der Waals surface area (Å²) < 4.78 is 5.45. The van der Waals surface area contributed by atoms with Gasteiger partial charge in [0, 0.05) is 13.1 Å². The highest BCUT2D eigenvalue weighted by atomic mass is 16.6. The van der Waals surface area contributed by atoms with Gasteiger partial charge in [-0.2, -0.15) is 0 Å². The zero-order valence-electron chi connectivity index (χ0n) is 13.7. The van der Waals surface area contributed by atoms with Crippen molar-refractivity contribution in [1.82, 2.24) is 4.90 Å². The van der Waals surface area contributed by atoms with E-state index in [1.54, 1.807) is 11.8 Å². The van der Waals surface area contributed by atoms with Gasteiger partial charge in [-0.3, -0.25) is 0 Å². The van der Waals surface area contributed by atoms with Crippen LogP contribution in [0.1, 0.15) is 44.4 Å². The average Bonchev–Trinajstić information content (AvgIpc) is 2.66. The van der Waals surface area contributed by atoms with Crippen molar-refractivity contribution in [2.24, 2.45) is 5.16 Å². The van der Waals surface area contributed by atoms with Crippen LogP contribution in [-0.2, 0) is 17.6 Å². The smallest absolute Gasteiger partial charge is 0.410 e. The maximum Gasteiger partial charge on any atom is 0.410 e. The van der Waals surface area contributed by atoms with E-state index >= 15 is 0 Å². The summed E-state index contributed by atoms with van der Waals surface area (Å²) in [6, 6.07) is 6.05. The van der Waals surface area contributed by atoms with Crippen LogP contribution in [0.2, 0.25) is 0 Å². The van der Waals surface area contributed by atoms with Gasteiger partial charge in [-0.15, -0.1) is 0 Å². The Morgan fingerprint density at radius 3 is 2.45 bits per heavy atom. The summed E-state index contributed by atoms with van der Waals surface area (Å²) in [5.74, 6) is 0. The van der Waals surface area contributed by atoms with E-state index in [2.05, 4.69) is 11.2 Å². The molecule has 0 fully saturated rings. The minimum Gasteiger partial charge on any atom is -0.444 e. The molecule has 1 heterocycles. The lowest BCUT2D eigenvalue weighted by molar-refractivity contribution is 0.0258. The second-order valence-corrected chi connectivity index (χ2v) is 6.64. The largest absolute Gasteiger partial charge is 0.444 e. The second-order valence-electron chi connectivity index (χ2n) is 6.64. The Labute approximate surface area is 131 Å². The zero-order chi connectivity index (χ0) is 16.3. The average molecular weight is 304 g/mol. The first kappa shape index (κ1) is 16.3. The molecule has 1 aliphatic rings. The van der Waals surface area contributed by atoms with E-state index in [4.69, 9.17) is 9.94 Å². The first-order chi connectivity index (χ1) is 10.3. The molecule has 1 N–H and O–H groups in total. The standard InChI is InChI=1S/C17H24N2O3/c1-12(18-21)14-6-5-13-7-9-19(10-8-15(13)11-14)16(20)22-17(2,3)4/h5-6,11,21H,7-10H2,1-4H3/b18-12+. The van der Waals surface area contributed by atoms with Gasteiger partial charge in [0.05, 0.1) is 5.71 Å². The molecule has 1 aromatic carbocycles. The maximum absolute atomic E-state index is 12.2. The van der Waals surface area contributed by atoms with Gasteiger partial charge in [0.15, 0.2) is 0 Å². The number of nitrogens with zero attached hydrogens (tertiary/aromatic N) is 2. The molecule has 0 aromatic heterocycles. The number of carbonyl (C=O) groups is 1. The quantitative estimate of drug-likeness (QED) is 0.492. The zero-order valence-corrected chi connectivity index (χ0v) is 13.7. The number of rotatable bonds is 1. The Kier molecular flexibility index (Phi) is 4.74. The van der Waals surface area contributed by atoms with Crippen molar-refractivity contribution in [3.63, 3.8) is 0 Å². The van der Waals surface area contributed by atoms with Gasteiger partial charge in [0.1, 0.15) is 5.60 Å². The van der Waals surface area contributed by atoms with Crippen LogP contribution in [0.5, 0.6) is 0 Å².